The molecule has 4 heteroatoms. The fraction of sp³-hybridized carbons (Fsp3) is 0.700. The van der Waals surface area contributed by atoms with Gasteiger partial charge >= 0.3 is 0 Å². The van der Waals surface area contributed by atoms with Crippen molar-refractivity contribution in [2.24, 2.45) is 0 Å². The van der Waals surface area contributed by atoms with E-state index < -0.39 is 0 Å². The molecule has 1 atom stereocenters. The van der Waals surface area contributed by atoms with Crippen LogP contribution in [0.5, 0.6) is 0 Å². The maximum atomic E-state index is 11.4. The summed E-state index contributed by atoms with van der Waals surface area (Å²) < 4.78 is 10.6. The highest BCUT2D eigenvalue weighted by molar-refractivity contribution is 5.87. The standard InChI is InChI=1S/C10H17NO3/c1-4-9(12)11-5-6-14-10(2,7-11)8-13-3/h4H,1,5-8H2,2-3H3. The van der Waals surface area contributed by atoms with E-state index in [1.54, 1.807) is 12.0 Å². The molecule has 1 unspecified atom stereocenters. The SMILES string of the molecule is C=CC(=O)N1CCOC(C)(COC)C1. The van der Waals surface area contributed by atoms with Crippen molar-refractivity contribution in [3.05, 3.63) is 12.7 Å². The van der Waals surface area contributed by atoms with Gasteiger partial charge in [-0.25, -0.2) is 0 Å². The summed E-state index contributed by atoms with van der Waals surface area (Å²) in [6.45, 7) is 7.65. The van der Waals surface area contributed by atoms with Gasteiger partial charge in [0.1, 0.15) is 5.60 Å². The number of carbonyl (C=O) groups is 1. The average Bonchev–Trinajstić information content (AvgIpc) is 2.16. The van der Waals surface area contributed by atoms with Gasteiger partial charge in [0.25, 0.3) is 0 Å². The van der Waals surface area contributed by atoms with Gasteiger partial charge in [-0.2, -0.15) is 0 Å². The lowest BCUT2D eigenvalue weighted by Gasteiger charge is -2.39. The van der Waals surface area contributed by atoms with E-state index in [0.717, 1.165) is 0 Å². The Kier molecular flexibility index (Phi) is 3.66. The summed E-state index contributed by atoms with van der Waals surface area (Å²) >= 11 is 0. The van der Waals surface area contributed by atoms with Crippen LogP contribution in [0.1, 0.15) is 6.92 Å². The van der Waals surface area contributed by atoms with Crippen LogP contribution in [0.3, 0.4) is 0 Å². The normalized spacial score (nSPS) is 27.4. The highest BCUT2D eigenvalue weighted by Gasteiger charge is 2.33. The van der Waals surface area contributed by atoms with E-state index in [1.165, 1.54) is 6.08 Å². The maximum Gasteiger partial charge on any atom is 0.246 e. The minimum atomic E-state index is -0.383. The number of methoxy groups -OCH3 is 1. The summed E-state index contributed by atoms with van der Waals surface area (Å²) in [4.78, 5) is 13.1. The van der Waals surface area contributed by atoms with Crippen LogP contribution in [-0.2, 0) is 14.3 Å². The third-order valence-corrected chi connectivity index (χ3v) is 2.27. The molecule has 80 valence electrons. The molecule has 0 radical (unpaired) electrons. The summed E-state index contributed by atoms with van der Waals surface area (Å²) in [7, 11) is 1.63. The van der Waals surface area contributed by atoms with Gasteiger partial charge in [-0.15, -0.1) is 0 Å². The molecule has 0 N–H and O–H groups in total. The van der Waals surface area contributed by atoms with Gasteiger partial charge in [-0.3, -0.25) is 4.79 Å². The predicted molar refractivity (Wildman–Crippen MR) is 53.0 cm³/mol. The number of nitrogens with zero attached hydrogens (tertiary/aromatic N) is 1. The molecule has 0 spiro atoms. The largest absolute Gasteiger partial charge is 0.382 e. The van der Waals surface area contributed by atoms with Crippen molar-refractivity contribution in [2.75, 3.05) is 33.4 Å². The second kappa shape index (κ2) is 4.57. The van der Waals surface area contributed by atoms with Gasteiger partial charge in [0.15, 0.2) is 0 Å². The molecule has 0 aromatic rings. The highest BCUT2D eigenvalue weighted by atomic mass is 16.5. The maximum absolute atomic E-state index is 11.4. The molecule has 1 heterocycles. The first-order valence-electron chi connectivity index (χ1n) is 4.65. The Bertz CT molecular complexity index is 225. The van der Waals surface area contributed by atoms with Crippen LogP contribution in [-0.4, -0.2) is 49.8 Å². The molecule has 4 nitrogen and oxygen atoms in total. The van der Waals surface area contributed by atoms with Crippen molar-refractivity contribution >= 4 is 5.91 Å². The van der Waals surface area contributed by atoms with Crippen molar-refractivity contribution in [2.45, 2.75) is 12.5 Å². The molecule has 0 aromatic carbocycles. The van der Waals surface area contributed by atoms with E-state index in [4.69, 9.17) is 9.47 Å². The molecule has 0 saturated carbocycles. The molecule has 1 aliphatic rings. The van der Waals surface area contributed by atoms with Crippen LogP contribution in [0.2, 0.25) is 0 Å². The van der Waals surface area contributed by atoms with E-state index in [2.05, 4.69) is 6.58 Å². The fourth-order valence-electron chi connectivity index (χ4n) is 1.64. The third-order valence-electron chi connectivity index (χ3n) is 2.27. The molecule has 1 amide bonds. The third kappa shape index (κ3) is 2.56. The number of rotatable bonds is 3. The molecule has 14 heavy (non-hydrogen) atoms. The molecular formula is C10H17NO3. The zero-order valence-electron chi connectivity index (χ0n) is 8.78. The fourth-order valence-corrected chi connectivity index (χ4v) is 1.64. The quantitative estimate of drug-likeness (QED) is 0.619. The van der Waals surface area contributed by atoms with E-state index in [-0.39, 0.29) is 11.5 Å². The number of hydrogen-bond acceptors (Lipinski definition) is 3. The van der Waals surface area contributed by atoms with Gasteiger partial charge in [0.2, 0.25) is 5.91 Å². The lowest BCUT2D eigenvalue weighted by atomic mass is 10.1. The summed E-state index contributed by atoms with van der Waals surface area (Å²) in [6, 6.07) is 0. The second-order valence-electron chi connectivity index (χ2n) is 3.70. The van der Waals surface area contributed by atoms with Gasteiger partial charge in [0.05, 0.1) is 19.8 Å². The molecule has 1 rings (SSSR count). The Labute approximate surface area is 84.5 Å². The van der Waals surface area contributed by atoms with Crippen LogP contribution in [0.25, 0.3) is 0 Å². The first kappa shape index (κ1) is 11.2. The van der Waals surface area contributed by atoms with Crippen LogP contribution in [0, 0.1) is 0 Å². The Morgan fingerprint density at radius 1 is 1.79 bits per heavy atom. The van der Waals surface area contributed by atoms with Crippen molar-refractivity contribution < 1.29 is 14.3 Å². The van der Waals surface area contributed by atoms with Crippen molar-refractivity contribution in [3.8, 4) is 0 Å². The first-order valence-corrected chi connectivity index (χ1v) is 4.65. The number of amides is 1. The number of hydrogen-bond donors (Lipinski definition) is 0. The number of ether oxygens (including phenoxy) is 2. The van der Waals surface area contributed by atoms with E-state index in [0.29, 0.717) is 26.3 Å². The van der Waals surface area contributed by atoms with Crippen LogP contribution in [0.4, 0.5) is 0 Å². The smallest absolute Gasteiger partial charge is 0.246 e. The lowest BCUT2D eigenvalue weighted by molar-refractivity contribution is -0.151. The van der Waals surface area contributed by atoms with Crippen molar-refractivity contribution in [1.82, 2.24) is 4.90 Å². The highest BCUT2D eigenvalue weighted by Crippen LogP contribution is 2.17. The van der Waals surface area contributed by atoms with Gasteiger partial charge in [-0.05, 0) is 13.0 Å². The van der Waals surface area contributed by atoms with Gasteiger partial charge in [-0.1, -0.05) is 6.58 Å². The monoisotopic (exact) mass is 199 g/mol. The van der Waals surface area contributed by atoms with E-state index in [9.17, 15) is 4.79 Å². The van der Waals surface area contributed by atoms with Crippen LogP contribution in [0.15, 0.2) is 12.7 Å². The molecule has 1 saturated heterocycles. The molecule has 0 aliphatic carbocycles. The Balaban J connectivity index is 2.58. The molecular weight excluding hydrogens is 182 g/mol. The minimum absolute atomic E-state index is 0.0457. The Morgan fingerprint density at radius 2 is 2.50 bits per heavy atom. The summed E-state index contributed by atoms with van der Waals surface area (Å²) in [5, 5.41) is 0. The van der Waals surface area contributed by atoms with Crippen molar-refractivity contribution in [3.63, 3.8) is 0 Å². The van der Waals surface area contributed by atoms with Crippen LogP contribution < -0.4 is 0 Å². The minimum Gasteiger partial charge on any atom is -0.382 e. The lowest BCUT2D eigenvalue weighted by Crippen LogP contribution is -2.53. The van der Waals surface area contributed by atoms with Gasteiger partial charge in [0, 0.05) is 13.7 Å². The van der Waals surface area contributed by atoms with Crippen LogP contribution >= 0.6 is 0 Å². The first-order chi connectivity index (χ1) is 6.61. The predicted octanol–water partition coefficient (Wildman–Crippen LogP) is 0.436. The molecule has 0 aromatic heterocycles. The van der Waals surface area contributed by atoms with E-state index >= 15 is 0 Å². The summed E-state index contributed by atoms with van der Waals surface area (Å²) in [6.07, 6.45) is 1.33. The summed E-state index contributed by atoms with van der Waals surface area (Å²) in [5.74, 6) is -0.0457. The zero-order valence-corrected chi connectivity index (χ0v) is 8.78. The summed E-state index contributed by atoms with van der Waals surface area (Å²) in [5.41, 5.74) is -0.383. The molecule has 1 fully saturated rings. The van der Waals surface area contributed by atoms with Gasteiger partial charge < -0.3 is 14.4 Å². The van der Waals surface area contributed by atoms with Crippen molar-refractivity contribution in [1.29, 1.82) is 0 Å². The topological polar surface area (TPSA) is 38.8 Å². The molecule has 1 aliphatic heterocycles. The number of morpholine rings is 1. The molecule has 0 bridgehead atoms. The Hall–Kier alpha value is -0.870. The average molecular weight is 199 g/mol. The van der Waals surface area contributed by atoms with E-state index in [1.807, 2.05) is 6.92 Å². The zero-order chi connectivity index (χ0) is 10.6. The Morgan fingerprint density at radius 3 is 3.07 bits per heavy atom. The number of carbonyl (C=O) groups excluding carboxylic acids is 1. The second-order valence-corrected chi connectivity index (χ2v) is 3.70.